The first kappa shape index (κ1) is 19.2. The molecule has 9 heteroatoms. The van der Waals surface area contributed by atoms with Crippen molar-refractivity contribution < 1.29 is 23.1 Å². The van der Waals surface area contributed by atoms with E-state index >= 15 is 0 Å². The number of phenols is 1. The molecule has 6 nitrogen and oxygen atoms in total. The molecule has 0 bridgehead atoms. The van der Waals surface area contributed by atoms with E-state index in [0.29, 0.717) is 30.2 Å². The maximum absolute atomic E-state index is 13.0. The van der Waals surface area contributed by atoms with Crippen LogP contribution in [-0.4, -0.2) is 31.8 Å². The highest BCUT2D eigenvalue weighted by atomic mass is 19.4. The topological polar surface area (TPSA) is 80.0 Å². The molecule has 1 aromatic carbocycles. The third-order valence-corrected chi connectivity index (χ3v) is 5.26. The molecule has 0 saturated carbocycles. The zero-order valence-electron chi connectivity index (χ0n) is 15.8. The molecule has 1 aliphatic heterocycles. The Balaban J connectivity index is 1.73. The lowest BCUT2D eigenvalue weighted by Crippen LogP contribution is -2.43. The standard InChI is InChI=1S/C20H19F3N4O2/c1-10-7-13(20(21,22)23)8-16(28)18(10)14-4-3-12-9-27(26-19(12)25-14)15-5-6-17(29)24-11(15)2/h3-4,7-9,11,15,28H,5-6H2,1-2H3,(H,24,29)/t11-,15-/m0/s1. The van der Waals surface area contributed by atoms with Gasteiger partial charge in [-0.1, -0.05) is 0 Å². The minimum atomic E-state index is -4.54. The summed E-state index contributed by atoms with van der Waals surface area (Å²) in [5.74, 6) is -0.466. The molecule has 4 rings (SSSR count). The van der Waals surface area contributed by atoms with Crippen LogP contribution < -0.4 is 5.32 Å². The Morgan fingerprint density at radius 1 is 1.28 bits per heavy atom. The molecule has 0 radical (unpaired) electrons. The first-order chi connectivity index (χ1) is 13.6. The lowest BCUT2D eigenvalue weighted by Gasteiger charge is -2.29. The molecule has 2 N–H and O–H groups in total. The van der Waals surface area contributed by atoms with Crippen LogP contribution in [0, 0.1) is 6.92 Å². The third kappa shape index (κ3) is 3.52. The predicted octanol–water partition coefficient (Wildman–Crippen LogP) is 3.97. The Morgan fingerprint density at radius 2 is 2.03 bits per heavy atom. The number of rotatable bonds is 2. The fourth-order valence-corrected chi connectivity index (χ4v) is 3.81. The van der Waals surface area contributed by atoms with E-state index in [1.807, 2.05) is 13.1 Å². The number of pyridine rings is 1. The van der Waals surface area contributed by atoms with Gasteiger partial charge in [0.15, 0.2) is 5.65 Å². The zero-order chi connectivity index (χ0) is 20.9. The molecular formula is C20H19F3N4O2. The molecule has 0 spiro atoms. The first-order valence-corrected chi connectivity index (χ1v) is 9.20. The monoisotopic (exact) mass is 404 g/mol. The van der Waals surface area contributed by atoms with Gasteiger partial charge in [0.2, 0.25) is 5.91 Å². The van der Waals surface area contributed by atoms with Crippen molar-refractivity contribution in [2.24, 2.45) is 0 Å². The number of carbonyl (C=O) groups is 1. The second-order valence-corrected chi connectivity index (χ2v) is 7.37. The zero-order valence-corrected chi connectivity index (χ0v) is 15.8. The van der Waals surface area contributed by atoms with E-state index in [2.05, 4.69) is 15.4 Å². The number of hydrogen-bond donors (Lipinski definition) is 2. The number of nitrogens with zero attached hydrogens (tertiary/aromatic N) is 3. The van der Waals surface area contributed by atoms with Gasteiger partial charge in [-0.05, 0) is 50.1 Å². The Morgan fingerprint density at radius 3 is 2.69 bits per heavy atom. The van der Waals surface area contributed by atoms with Crippen LogP contribution in [0.2, 0.25) is 0 Å². The molecule has 1 amide bonds. The van der Waals surface area contributed by atoms with Crippen molar-refractivity contribution in [3.63, 3.8) is 0 Å². The molecule has 1 fully saturated rings. The van der Waals surface area contributed by atoms with E-state index < -0.39 is 17.5 Å². The molecule has 1 saturated heterocycles. The number of benzene rings is 1. The summed E-state index contributed by atoms with van der Waals surface area (Å²) in [6, 6.07) is 5.03. The van der Waals surface area contributed by atoms with Gasteiger partial charge in [-0.15, -0.1) is 0 Å². The van der Waals surface area contributed by atoms with Gasteiger partial charge < -0.3 is 10.4 Å². The van der Waals surface area contributed by atoms with E-state index in [4.69, 9.17) is 0 Å². The molecule has 1 aliphatic rings. The minimum absolute atomic E-state index is 0.00782. The molecule has 0 aliphatic carbocycles. The summed E-state index contributed by atoms with van der Waals surface area (Å²) >= 11 is 0. The molecule has 3 heterocycles. The number of alkyl halides is 3. The van der Waals surface area contributed by atoms with Crippen LogP contribution in [-0.2, 0) is 11.0 Å². The Kier molecular flexibility index (Phi) is 4.48. The smallest absolute Gasteiger partial charge is 0.416 e. The summed E-state index contributed by atoms with van der Waals surface area (Å²) in [4.78, 5) is 16.0. The Bertz CT molecular complexity index is 1080. The van der Waals surface area contributed by atoms with Crippen LogP contribution in [0.4, 0.5) is 13.2 Å². The molecule has 2 atom stereocenters. The van der Waals surface area contributed by atoms with E-state index in [-0.39, 0.29) is 29.1 Å². The Hall–Kier alpha value is -3.10. The lowest BCUT2D eigenvalue weighted by molar-refractivity contribution is -0.137. The number of piperidine rings is 1. The van der Waals surface area contributed by atoms with Crippen molar-refractivity contribution in [2.45, 2.75) is 44.9 Å². The second-order valence-electron chi connectivity index (χ2n) is 7.37. The van der Waals surface area contributed by atoms with Gasteiger partial charge in [-0.25, -0.2) is 4.98 Å². The van der Waals surface area contributed by atoms with E-state index in [0.717, 1.165) is 11.5 Å². The van der Waals surface area contributed by atoms with Crippen molar-refractivity contribution in [3.8, 4) is 17.0 Å². The van der Waals surface area contributed by atoms with Crippen molar-refractivity contribution in [1.82, 2.24) is 20.1 Å². The molecule has 152 valence electrons. The number of phenolic OH excluding ortho intramolecular Hbond substituents is 1. The van der Waals surface area contributed by atoms with Gasteiger partial charge in [0.05, 0.1) is 17.3 Å². The largest absolute Gasteiger partial charge is 0.507 e. The highest BCUT2D eigenvalue weighted by Crippen LogP contribution is 2.38. The number of amides is 1. The Labute approximate surface area is 164 Å². The summed E-state index contributed by atoms with van der Waals surface area (Å²) in [6.45, 7) is 3.41. The maximum Gasteiger partial charge on any atom is 0.416 e. The number of aryl methyl sites for hydroxylation is 1. The van der Waals surface area contributed by atoms with Crippen LogP contribution in [0.3, 0.4) is 0 Å². The summed E-state index contributed by atoms with van der Waals surface area (Å²) < 4.78 is 40.6. The highest BCUT2D eigenvalue weighted by Gasteiger charge is 2.32. The van der Waals surface area contributed by atoms with Crippen LogP contribution in [0.5, 0.6) is 5.75 Å². The summed E-state index contributed by atoms with van der Waals surface area (Å²) in [7, 11) is 0. The van der Waals surface area contributed by atoms with E-state index in [9.17, 15) is 23.1 Å². The number of hydrogen-bond acceptors (Lipinski definition) is 4. The van der Waals surface area contributed by atoms with E-state index in [1.165, 1.54) is 6.92 Å². The average molecular weight is 404 g/mol. The van der Waals surface area contributed by atoms with Gasteiger partial charge in [0.25, 0.3) is 0 Å². The van der Waals surface area contributed by atoms with Gasteiger partial charge in [-0.3, -0.25) is 9.48 Å². The number of aromatic hydroxyl groups is 1. The predicted molar refractivity (Wildman–Crippen MR) is 100 cm³/mol. The van der Waals surface area contributed by atoms with Gasteiger partial charge in [0.1, 0.15) is 5.75 Å². The first-order valence-electron chi connectivity index (χ1n) is 9.20. The summed E-state index contributed by atoms with van der Waals surface area (Å²) in [5, 5.41) is 18.4. The van der Waals surface area contributed by atoms with Crippen molar-refractivity contribution in [2.75, 3.05) is 0 Å². The SMILES string of the molecule is Cc1cc(C(F)(F)F)cc(O)c1-c1ccc2cn([C@H]3CCC(=O)N[C@H]3C)nc2n1. The van der Waals surface area contributed by atoms with Crippen molar-refractivity contribution in [1.29, 1.82) is 0 Å². The van der Waals surface area contributed by atoms with Gasteiger partial charge >= 0.3 is 6.18 Å². The third-order valence-electron chi connectivity index (χ3n) is 5.26. The van der Waals surface area contributed by atoms with Crippen molar-refractivity contribution >= 4 is 16.9 Å². The minimum Gasteiger partial charge on any atom is -0.507 e. The van der Waals surface area contributed by atoms with Crippen LogP contribution in [0.1, 0.15) is 36.9 Å². The number of fused-ring (bicyclic) bond motifs is 1. The normalized spacial score (nSPS) is 20.1. The summed E-state index contributed by atoms with van der Waals surface area (Å²) in [6.07, 6.45) is -1.62. The average Bonchev–Trinajstić information content (AvgIpc) is 3.03. The van der Waals surface area contributed by atoms with Crippen LogP contribution in [0.25, 0.3) is 22.3 Å². The molecule has 0 unspecified atom stereocenters. The number of halogens is 3. The molecule has 3 aromatic rings. The molecule has 2 aromatic heterocycles. The maximum atomic E-state index is 13.0. The van der Waals surface area contributed by atoms with Crippen molar-refractivity contribution in [3.05, 3.63) is 41.6 Å². The van der Waals surface area contributed by atoms with E-state index in [1.54, 1.807) is 16.8 Å². The second kappa shape index (κ2) is 6.75. The van der Waals surface area contributed by atoms with Crippen LogP contribution >= 0.6 is 0 Å². The van der Waals surface area contributed by atoms with Gasteiger partial charge in [-0.2, -0.15) is 18.3 Å². The number of carbonyl (C=O) groups excluding carboxylic acids is 1. The molecular weight excluding hydrogens is 385 g/mol. The highest BCUT2D eigenvalue weighted by molar-refractivity contribution is 5.81. The quantitative estimate of drug-likeness (QED) is 0.677. The number of nitrogens with one attached hydrogen (secondary N) is 1. The lowest BCUT2D eigenvalue weighted by atomic mass is 9.99. The molecule has 29 heavy (non-hydrogen) atoms. The fraction of sp³-hybridized carbons (Fsp3) is 0.350. The van der Waals surface area contributed by atoms with Gasteiger partial charge in [0, 0.05) is 29.6 Å². The fourth-order valence-electron chi connectivity index (χ4n) is 3.81. The number of aromatic nitrogens is 3. The summed E-state index contributed by atoms with van der Waals surface area (Å²) in [5.41, 5.74) is 0.372. The van der Waals surface area contributed by atoms with Crippen LogP contribution in [0.15, 0.2) is 30.5 Å².